The van der Waals surface area contributed by atoms with Crippen molar-refractivity contribution in [3.05, 3.63) is 26.3 Å². The molecule has 0 radical (unpaired) electrons. The Balaban J connectivity index is 2.06. The zero-order chi connectivity index (χ0) is 14.1. The highest BCUT2D eigenvalue weighted by atomic mass is 127. The van der Waals surface area contributed by atoms with Gasteiger partial charge in [0.15, 0.2) is 5.82 Å². The van der Waals surface area contributed by atoms with Crippen molar-refractivity contribution in [1.29, 1.82) is 0 Å². The van der Waals surface area contributed by atoms with Crippen LogP contribution in [-0.2, 0) is 0 Å². The van der Waals surface area contributed by atoms with Crippen molar-refractivity contribution >= 4 is 39.7 Å². The minimum atomic E-state index is 0.645. The fourth-order valence-corrected chi connectivity index (χ4v) is 3.89. The Morgan fingerprint density at radius 2 is 2.20 bits per heavy atom. The number of hydrogen-bond acceptors (Lipinski definition) is 4. The van der Waals surface area contributed by atoms with Crippen LogP contribution in [0.4, 0.5) is 5.82 Å². The molecule has 3 rings (SSSR count). The molecular weight excluding hydrogens is 381 g/mol. The monoisotopic (exact) mass is 399 g/mol. The fraction of sp³-hybridized carbons (Fsp3) is 0.467. The molecule has 0 saturated heterocycles. The molecule has 2 aromatic rings. The van der Waals surface area contributed by atoms with Crippen molar-refractivity contribution in [2.24, 2.45) is 0 Å². The highest BCUT2D eigenvalue weighted by Crippen LogP contribution is 2.43. The van der Waals surface area contributed by atoms with Gasteiger partial charge in [0.25, 0.3) is 0 Å². The summed E-state index contributed by atoms with van der Waals surface area (Å²) >= 11 is 4.12. The van der Waals surface area contributed by atoms with Gasteiger partial charge in [-0.3, -0.25) is 0 Å². The first-order chi connectivity index (χ1) is 9.70. The van der Waals surface area contributed by atoms with Gasteiger partial charge in [-0.1, -0.05) is 6.92 Å². The van der Waals surface area contributed by atoms with Crippen molar-refractivity contribution in [3.8, 4) is 10.7 Å². The number of aryl methyl sites for hydroxylation is 1. The zero-order valence-electron chi connectivity index (χ0n) is 11.7. The molecule has 0 unspecified atom stereocenters. The molecule has 0 aliphatic heterocycles. The van der Waals surface area contributed by atoms with E-state index in [1.165, 1.54) is 32.5 Å². The topological polar surface area (TPSA) is 37.8 Å². The second kappa shape index (κ2) is 5.97. The van der Waals surface area contributed by atoms with Gasteiger partial charge < -0.3 is 5.32 Å². The molecule has 106 valence electrons. The molecule has 2 heterocycles. The zero-order valence-corrected chi connectivity index (χ0v) is 14.7. The highest BCUT2D eigenvalue weighted by Gasteiger charge is 2.29. The highest BCUT2D eigenvalue weighted by molar-refractivity contribution is 14.1. The summed E-state index contributed by atoms with van der Waals surface area (Å²) in [5, 5.41) is 5.57. The first-order valence-corrected chi connectivity index (χ1v) is 9.02. The smallest absolute Gasteiger partial charge is 0.172 e. The molecule has 0 aromatic carbocycles. The summed E-state index contributed by atoms with van der Waals surface area (Å²) in [7, 11) is 0. The summed E-state index contributed by atoms with van der Waals surface area (Å²) in [5.74, 6) is 2.54. The third-order valence-electron chi connectivity index (χ3n) is 3.45. The lowest BCUT2D eigenvalue weighted by atomic mass is 10.2. The Bertz CT molecular complexity index is 620. The molecule has 0 spiro atoms. The van der Waals surface area contributed by atoms with Gasteiger partial charge in [0.1, 0.15) is 5.82 Å². The van der Waals surface area contributed by atoms with E-state index in [-0.39, 0.29) is 0 Å². The SMILES string of the molecule is CCCNc1nc(-c2sccc2C)nc(C2CC2)c1I. The summed E-state index contributed by atoms with van der Waals surface area (Å²) in [5.41, 5.74) is 2.50. The van der Waals surface area contributed by atoms with Gasteiger partial charge >= 0.3 is 0 Å². The molecule has 0 atom stereocenters. The van der Waals surface area contributed by atoms with Crippen LogP contribution in [0.3, 0.4) is 0 Å². The van der Waals surface area contributed by atoms with Crippen molar-refractivity contribution in [3.63, 3.8) is 0 Å². The molecule has 0 bridgehead atoms. The van der Waals surface area contributed by atoms with E-state index >= 15 is 0 Å². The van der Waals surface area contributed by atoms with E-state index in [1.54, 1.807) is 11.3 Å². The van der Waals surface area contributed by atoms with E-state index in [4.69, 9.17) is 9.97 Å². The van der Waals surface area contributed by atoms with Crippen LogP contribution in [0.2, 0.25) is 0 Å². The maximum atomic E-state index is 4.86. The predicted molar refractivity (Wildman–Crippen MR) is 93.6 cm³/mol. The molecule has 1 saturated carbocycles. The van der Waals surface area contributed by atoms with Crippen molar-refractivity contribution in [1.82, 2.24) is 9.97 Å². The minimum absolute atomic E-state index is 0.645. The lowest BCUT2D eigenvalue weighted by Crippen LogP contribution is -2.08. The van der Waals surface area contributed by atoms with Crippen LogP contribution in [0, 0.1) is 10.5 Å². The van der Waals surface area contributed by atoms with Gasteiger partial charge in [0.05, 0.1) is 14.1 Å². The largest absolute Gasteiger partial charge is 0.369 e. The second-order valence-electron chi connectivity index (χ2n) is 5.23. The van der Waals surface area contributed by atoms with Crippen LogP contribution in [0.15, 0.2) is 11.4 Å². The molecule has 1 N–H and O–H groups in total. The predicted octanol–water partition coefficient (Wildman–Crippen LogP) is 4.82. The van der Waals surface area contributed by atoms with Crippen molar-refractivity contribution in [2.75, 3.05) is 11.9 Å². The lowest BCUT2D eigenvalue weighted by molar-refractivity contribution is 0.939. The van der Waals surface area contributed by atoms with E-state index in [9.17, 15) is 0 Å². The quantitative estimate of drug-likeness (QED) is 0.733. The maximum absolute atomic E-state index is 4.86. The van der Waals surface area contributed by atoms with Crippen molar-refractivity contribution < 1.29 is 0 Å². The van der Waals surface area contributed by atoms with E-state index in [2.05, 4.69) is 53.2 Å². The van der Waals surface area contributed by atoms with Crippen molar-refractivity contribution in [2.45, 2.75) is 39.0 Å². The number of hydrogen-bond donors (Lipinski definition) is 1. The third-order valence-corrected chi connectivity index (χ3v) is 5.52. The molecular formula is C15H18IN3S. The van der Waals surface area contributed by atoms with E-state index in [0.29, 0.717) is 5.92 Å². The Hall–Kier alpha value is -0.690. The van der Waals surface area contributed by atoms with Crippen LogP contribution in [0.25, 0.3) is 10.7 Å². The first-order valence-electron chi connectivity index (χ1n) is 7.06. The van der Waals surface area contributed by atoms with Gasteiger partial charge in [0.2, 0.25) is 0 Å². The summed E-state index contributed by atoms with van der Waals surface area (Å²) < 4.78 is 1.21. The molecule has 1 fully saturated rings. The number of aromatic nitrogens is 2. The van der Waals surface area contributed by atoms with E-state index in [0.717, 1.165) is 24.6 Å². The van der Waals surface area contributed by atoms with E-state index < -0.39 is 0 Å². The summed E-state index contributed by atoms with van der Waals surface area (Å²) in [4.78, 5) is 10.8. The van der Waals surface area contributed by atoms with Gasteiger partial charge in [-0.25, -0.2) is 9.97 Å². The second-order valence-corrected chi connectivity index (χ2v) is 7.22. The normalized spacial score (nSPS) is 14.6. The maximum Gasteiger partial charge on any atom is 0.172 e. The fourth-order valence-electron chi connectivity index (χ4n) is 2.16. The molecule has 20 heavy (non-hydrogen) atoms. The number of nitrogens with one attached hydrogen (secondary N) is 1. The minimum Gasteiger partial charge on any atom is -0.369 e. The van der Waals surface area contributed by atoms with Gasteiger partial charge in [-0.2, -0.15) is 0 Å². The molecule has 2 aromatic heterocycles. The lowest BCUT2D eigenvalue weighted by Gasteiger charge is -2.12. The molecule has 1 aliphatic carbocycles. The molecule has 3 nitrogen and oxygen atoms in total. The summed E-state index contributed by atoms with van der Waals surface area (Å²) in [6.45, 7) is 5.26. The van der Waals surface area contributed by atoms with Gasteiger partial charge in [0, 0.05) is 12.5 Å². The number of halogens is 1. The summed E-state index contributed by atoms with van der Waals surface area (Å²) in [6, 6.07) is 2.14. The van der Waals surface area contributed by atoms with Crippen LogP contribution in [0.1, 0.15) is 43.4 Å². The Morgan fingerprint density at radius 3 is 2.80 bits per heavy atom. The Labute approximate surface area is 137 Å². The van der Waals surface area contributed by atoms with E-state index in [1.807, 2.05) is 0 Å². The number of nitrogens with zero attached hydrogens (tertiary/aromatic N) is 2. The number of rotatable bonds is 5. The van der Waals surface area contributed by atoms with Crippen LogP contribution in [-0.4, -0.2) is 16.5 Å². The standard InChI is InChI=1S/C15H18IN3S/c1-3-7-17-14-11(16)12(10-4-5-10)18-15(19-14)13-9(2)6-8-20-13/h6,8,10H,3-5,7H2,1-2H3,(H,17,18,19). The molecule has 0 amide bonds. The first kappa shape index (κ1) is 14.3. The number of anilines is 1. The van der Waals surface area contributed by atoms with Crippen LogP contribution < -0.4 is 5.32 Å². The number of thiophene rings is 1. The van der Waals surface area contributed by atoms with Crippen LogP contribution >= 0.6 is 33.9 Å². The molecule has 5 heteroatoms. The Kier molecular flexibility index (Phi) is 4.26. The van der Waals surface area contributed by atoms with Gasteiger partial charge in [-0.15, -0.1) is 11.3 Å². The average Bonchev–Trinajstić information content (AvgIpc) is 3.20. The van der Waals surface area contributed by atoms with Crippen LogP contribution in [0.5, 0.6) is 0 Å². The third kappa shape index (κ3) is 2.83. The summed E-state index contributed by atoms with van der Waals surface area (Å²) in [6.07, 6.45) is 3.64. The molecule has 1 aliphatic rings. The average molecular weight is 399 g/mol. The Morgan fingerprint density at radius 1 is 1.40 bits per heavy atom. The van der Waals surface area contributed by atoms with Gasteiger partial charge in [-0.05, 0) is 65.8 Å².